The van der Waals surface area contributed by atoms with Crippen LogP contribution in [-0.4, -0.2) is 39.4 Å². The monoisotopic (exact) mass is 479 g/mol. The number of thioether (sulfide) groups is 1. The van der Waals surface area contributed by atoms with Gasteiger partial charge in [0.2, 0.25) is 5.91 Å². The molecule has 9 heteroatoms. The standard InChI is InChI=1S/C25H29N5O3S/c1-33-21-14-12-18(13-15-21)24(32)26-16-22-28-29-25(30(22)20-10-6-3-7-11-20)34-17-23(31)27-19-8-4-2-5-9-19/h2,4-5,8-9,12-15,20H,3,6-7,10-11,16-17H2,1H3,(H,26,32)(H,27,31). The molecule has 0 spiro atoms. The van der Waals surface area contributed by atoms with Crippen molar-refractivity contribution in [2.24, 2.45) is 0 Å². The van der Waals surface area contributed by atoms with Gasteiger partial charge in [0, 0.05) is 17.3 Å². The third-order valence-electron chi connectivity index (χ3n) is 5.82. The van der Waals surface area contributed by atoms with Gasteiger partial charge in [-0.25, -0.2) is 0 Å². The van der Waals surface area contributed by atoms with Gasteiger partial charge in [-0.2, -0.15) is 0 Å². The number of hydrogen-bond donors (Lipinski definition) is 2. The Hall–Kier alpha value is -3.33. The average molecular weight is 480 g/mol. The summed E-state index contributed by atoms with van der Waals surface area (Å²) in [5, 5.41) is 15.3. The van der Waals surface area contributed by atoms with E-state index in [1.165, 1.54) is 18.2 Å². The van der Waals surface area contributed by atoms with E-state index < -0.39 is 0 Å². The smallest absolute Gasteiger partial charge is 0.251 e. The zero-order valence-electron chi connectivity index (χ0n) is 19.2. The van der Waals surface area contributed by atoms with Crippen LogP contribution in [0, 0.1) is 0 Å². The molecule has 1 aliphatic carbocycles. The molecule has 2 N–H and O–H groups in total. The van der Waals surface area contributed by atoms with Gasteiger partial charge in [0.25, 0.3) is 5.91 Å². The summed E-state index contributed by atoms with van der Waals surface area (Å²) in [6, 6.07) is 16.6. The molecule has 4 rings (SSSR count). The topological polar surface area (TPSA) is 98.1 Å². The van der Waals surface area contributed by atoms with E-state index in [0.29, 0.717) is 22.3 Å². The first-order valence-corrected chi connectivity index (χ1v) is 12.5. The number of nitrogens with one attached hydrogen (secondary N) is 2. The molecule has 1 aromatic heterocycles. The molecule has 0 saturated heterocycles. The van der Waals surface area contributed by atoms with Crippen molar-refractivity contribution in [3.8, 4) is 5.75 Å². The molecule has 0 bridgehead atoms. The summed E-state index contributed by atoms with van der Waals surface area (Å²) in [6.07, 6.45) is 5.62. The normalized spacial score (nSPS) is 13.9. The molecule has 8 nitrogen and oxygen atoms in total. The summed E-state index contributed by atoms with van der Waals surface area (Å²) in [5.41, 5.74) is 1.32. The number of methoxy groups -OCH3 is 1. The third kappa shape index (κ3) is 6.17. The number of hydrogen-bond acceptors (Lipinski definition) is 6. The Kier molecular flexibility index (Phi) is 8.19. The Labute approximate surface area is 203 Å². The van der Waals surface area contributed by atoms with Crippen LogP contribution < -0.4 is 15.4 Å². The number of benzene rings is 2. The van der Waals surface area contributed by atoms with Crippen molar-refractivity contribution in [2.45, 2.75) is 49.8 Å². The number of carbonyl (C=O) groups is 2. The van der Waals surface area contributed by atoms with E-state index in [9.17, 15) is 9.59 Å². The van der Waals surface area contributed by atoms with Crippen LogP contribution in [0.15, 0.2) is 59.8 Å². The number of rotatable bonds is 9. The maximum atomic E-state index is 12.6. The molecule has 34 heavy (non-hydrogen) atoms. The van der Waals surface area contributed by atoms with E-state index in [4.69, 9.17) is 4.74 Å². The van der Waals surface area contributed by atoms with Crippen LogP contribution in [-0.2, 0) is 11.3 Å². The van der Waals surface area contributed by atoms with Crippen LogP contribution in [0.1, 0.15) is 54.3 Å². The number of carbonyl (C=O) groups excluding carboxylic acids is 2. The first-order chi connectivity index (χ1) is 16.6. The van der Waals surface area contributed by atoms with Gasteiger partial charge >= 0.3 is 0 Å². The van der Waals surface area contributed by atoms with Crippen molar-refractivity contribution in [3.63, 3.8) is 0 Å². The van der Waals surface area contributed by atoms with Crippen molar-refractivity contribution in [2.75, 3.05) is 18.2 Å². The zero-order chi connectivity index (χ0) is 23.8. The third-order valence-corrected chi connectivity index (χ3v) is 6.77. The fourth-order valence-electron chi connectivity index (χ4n) is 4.08. The molecule has 0 unspecified atom stereocenters. The minimum Gasteiger partial charge on any atom is -0.497 e. The summed E-state index contributed by atoms with van der Waals surface area (Å²) in [6.45, 7) is 0.269. The summed E-state index contributed by atoms with van der Waals surface area (Å²) in [7, 11) is 1.59. The molecule has 0 atom stereocenters. The molecule has 1 heterocycles. The molecule has 1 saturated carbocycles. The lowest BCUT2D eigenvalue weighted by Gasteiger charge is -2.25. The molecule has 1 fully saturated rings. The number of amides is 2. The van der Waals surface area contributed by atoms with Crippen LogP contribution in [0.5, 0.6) is 5.75 Å². The summed E-state index contributed by atoms with van der Waals surface area (Å²) in [5.74, 6) is 1.37. The molecule has 0 aliphatic heterocycles. The van der Waals surface area contributed by atoms with Gasteiger partial charge in [-0.1, -0.05) is 49.2 Å². The number of nitrogens with zero attached hydrogens (tertiary/aromatic N) is 3. The summed E-state index contributed by atoms with van der Waals surface area (Å²) < 4.78 is 7.27. The molecular formula is C25H29N5O3S. The maximum Gasteiger partial charge on any atom is 0.251 e. The first kappa shape index (κ1) is 23.8. The number of para-hydroxylation sites is 1. The van der Waals surface area contributed by atoms with Crippen molar-refractivity contribution in [1.82, 2.24) is 20.1 Å². The van der Waals surface area contributed by atoms with E-state index >= 15 is 0 Å². The molecule has 3 aromatic rings. The fourth-order valence-corrected chi connectivity index (χ4v) is 4.91. The van der Waals surface area contributed by atoms with Gasteiger partial charge in [0.05, 0.1) is 19.4 Å². The molecule has 0 radical (unpaired) electrons. The SMILES string of the molecule is COc1ccc(C(=O)NCc2nnc(SCC(=O)Nc3ccccc3)n2C2CCCCC2)cc1. The Morgan fingerprint density at radius 2 is 1.76 bits per heavy atom. The van der Waals surface area contributed by atoms with E-state index in [0.717, 1.165) is 31.4 Å². The molecule has 2 aromatic carbocycles. The van der Waals surface area contributed by atoms with Gasteiger partial charge in [-0.15, -0.1) is 10.2 Å². The van der Waals surface area contributed by atoms with E-state index in [-0.39, 0.29) is 30.2 Å². The number of ether oxygens (including phenoxy) is 1. The molecule has 2 amide bonds. The van der Waals surface area contributed by atoms with Crippen molar-refractivity contribution in [1.29, 1.82) is 0 Å². The van der Waals surface area contributed by atoms with Gasteiger partial charge in [-0.3, -0.25) is 9.59 Å². The highest BCUT2D eigenvalue weighted by atomic mass is 32.2. The van der Waals surface area contributed by atoms with E-state index in [1.54, 1.807) is 31.4 Å². The Morgan fingerprint density at radius 1 is 1.03 bits per heavy atom. The average Bonchev–Trinajstić information content (AvgIpc) is 3.30. The second-order valence-corrected chi connectivity index (χ2v) is 9.12. The lowest BCUT2D eigenvalue weighted by atomic mass is 9.95. The minimum absolute atomic E-state index is 0.0937. The minimum atomic E-state index is -0.183. The van der Waals surface area contributed by atoms with Crippen LogP contribution in [0.4, 0.5) is 5.69 Å². The Bertz CT molecular complexity index is 1100. The predicted octanol–water partition coefficient (Wildman–Crippen LogP) is 4.45. The zero-order valence-corrected chi connectivity index (χ0v) is 20.0. The van der Waals surface area contributed by atoms with Crippen molar-refractivity contribution in [3.05, 3.63) is 66.0 Å². The number of anilines is 1. The highest BCUT2D eigenvalue weighted by Crippen LogP contribution is 2.32. The van der Waals surface area contributed by atoms with Gasteiger partial charge < -0.3 is 19.9 Å². The van der Waals surface area contributed by atoms with Gasteiger partial charge in [0.15, 0.2) is 11.0 Å². The van der Waals surface area contributed by atoms with Crippen molar-refractivity contribution < 1.29 is 14.3 Å². The Morgan fingerprint density at radius 3 is 2.47 bits per heavy atom. The predicted molar refractivity (Wildman–Crippen MR) is 132 cm³/mol. The van der Waals surface area contributed by atoms with Gasteiger partial charge in [0.1, 0.15) is 5.75 Å². The van der Waals surface area contributed by atoms with Gasteiger partial charge in [-0.05, 0) is 49.2 Å². The number of aromatic nitrogens is 3. The lowest BCUT2D eigenvalue weighted by Crippen LogP contribution is -2.26. The molecule has 178 valence electrons. The van der Waals surface area contributed by atoms with Crippen LogP contribution in [0.2, 0.25) is 0 Å². The van der Waals surface area contributed by atoms with Crippen LogP contribution in [0.3, 0.4) is 0 Å². The van der Waals surface area contributed by atoms with Crippen LogP contribution >= 0.6 is 11.8 Å². The summed E-state index contributed by atoms with van der Waals surface area (Å²) in [4.78, 5) is 25.1. The second-order valence-electron chi connectivity index (χ2n) is 8.17. The largest absolute Gasteiger partial charge is 0.497 e. The quantitative estimate of drug-likeness (QED) is 0.440. The fraction of sp³-hybridized carbons (Fsp3) is 0.360. The van der Waals surface area contributed by atoms with Crippen LogP contribution in [0.25, 0.3) is 0 Å². The second kappa shape index (κ2) is 11.7. The lowest BCUT2D eigenvalue weighted by molar-refractivity contribution is -0.113. The highest BCUT2D eigenvalue weighted by molar-refractivity contribution is 7.99. The highest BCUT2D eigenvalue weighted by Gasteiger charge is 2.24. The van der Waals surface area contributed by atoms with E-state index in [2.05, 4.69) is 25.4 Å². The van der Waals surface area contributed by atoms with E-state index in [1.807, 2.05) is 30.3 Å². The molecule has 1 aliphatic rings. The first-order valence-electron chi connectivity index (χ1n) is 11.5. The van der Waals surface area contributed by atoms with Crippen molar-refractivity contribution >= 4 is 29.3 Å². The maximum absolute atomic E-state index is 12.6. The Balaban J connectivity index is 1.43. The molecular weight excluding hydrogens is 450 g/mol. The summed E-state index contributed by atoms with van der Waals surface area (Å²) >= 11 is 1.37.